The van der Waals surface area contributed by atoms with E-state index in [0.717, 1.165) is 0 Å². The number of hydrogen-bond donors (Lipinski definition) is 3. The molecule has 0 unspecified atom stereocenters. The highest BCUT2D eigenvalue weighted by molar-refractivity contribution is 5.80. The van der Waals surface area contributed by atoms with Crippen molar-refractivity contribution in [1.29, 1.82) is 0 Å². The maximum absolute atomic E-state index is 12.4. The molecule has 0 saturated heterocycles. The van der Waals surface area contributed by atoms with E-state index in [1.165, 1.54) is 82.3 Å². The number of phenolic OH excluding ortho intramolecular Hbond substituents is 3. The molecule has 0 radical (unpaired) electrons. The zero-order chi connectivity index (χ0) is 37.7. The monoisotopic (exact) mass is 703 g/mol. The first-order valence-corrected chi connectivity index (χ1v) is 16.0. The number of carbonyl (C=O) groups excluding carboxylic acids is 3. The zero-order valence-electron chi connectivity index (χ0n) is 29.6. The lowest BCUT2D eigenvalue weighted by molar-refractivity contribution is -0.159. The Balaban J connectivity index is 1.81. The molecule has 0 amide bonds. The van der Waals surface area contributed by atoms with Crippen molar-refractivity contribution in [2.45, 2.75) is 72.2 Å². The van der Waals surface area contributed by atoms with Gasteiger partial charge in [0.2, 0.25) is 0 Å². The van der Waals surface area contributed by atoms with E-state index < -0.39 is 28.7 Å². The third kappa shape index (κ3) is 9.01. The van der Waals surface area contributed by atoms with Crippen molar-refractivity contribution in [2.75, 3.05) is 13.2 Å². The van der Waals surface area contributed by atoms with Crippen molar-refractivity contribution < 1.29 is 53.4 Å². The van der Waals surface area contributed by atoms with Crippen molar-refractivity contribution >= 4 is 18.2 Å². The molecule has 14 heteroatoms. The number of aldehydes is 1. The number of phenols is 3. The van der Waals surface area contributed by atoms with Crippen LogP contribution in [-0.4, -0.2) is 78.5 Å². The van der Waals surface area contributed by atoms with E-state index in [4.69, 9.17) is 23.7 Å². The Morgan fingerprint density at radius 3 is 1.18 bits per heavy atom. The standard InChI is InChI=1S/C37H41N3O11/c1-9-47-33(45)36(5,6)50-22-12-15-25(28(43)18-22)31-38-30(24-14-11-21(17-27(24)42)49-35(3,4)20-41)39-32(40-31)26-16-13-23(19-29(26)44)51-37(7,8)34(46)48-10-2/h11-20,42-44H,9-10H2,1-8H3. The summed E-state index contributed by atoms with van der Waals surface area (Å²) in [5.41, 5.74) is -3.47. The summed E-state index contributed by atoms with van der Waals surface area (Å²) >= 11 is 0. The number of carbonyl (C=O) groups is 3. The highest BCUT2D eigenvalue weighted by atomic mass is 16.6. The zero-order valence-corrected chi connectivity index (χ0v) is 29.6. The van der Waals surface area contributed by atoms with Gasteiger partial charge >= 0.3 is 11.9 Å². The minimum absolute atomic E-state index is 0.0416. The molecular formula is C37H41N3O11. The summed E-state index contributed by atoms with van der Waals surface area (Å²) in [6.07, 6.45) is 0.629. The number of hydrogen-bond acceptors (Lipinski definition) is 14. The SMILES string of the molecule is CCOC(=O)C(C)(C)Oc1ccc(-c2nc(-c3ccc(OC(C)(C)C=O)cc3O)nc(-c3ccc(OC(C)(C)C(=O)OCC)cc3O)n2)c(O)c1. The van der Waals surface area contributed by atoms with Gasteiger partial charge in [-0.1, -0.05) is 0 Å². The summed E-state index contributed by atoms with van der Waals surface area (Å²) < 4.78 is 27.4. The van der Waals surface area contributed by atoms with Crippen LogP contribution in [0.2, 0.25) is 0 Å². The van der Waals surface area contributed by atoms with Gasteiger partial charge in [-0.25, -0.2) is 24.5 Å². The lowest BCUT2D eigenvalue weighted by Crippen LogP contribution is -2.39. The second kappa shape index (κ2) is 14.9. The predicted octanol–water partition coefficient (Wildman–Crippen LogP) is 5.79. The van der Waals surface area contributed by atoms with Crippen LogP contribution in [-0.2, 0) is 23.9 Å². The third-order valence-corrected chi connectivity index (χ3v) is 7.21. The van der Waals surface area contributed by atoms with Gasteiger partial charge < -0.3 is 39.0 Å². The van der Waals surface area contributed by atoms with E-state index in [1.54, 1.807) is 27.7 Å². The van der Waals surface area contributed by atoms with Crippen LogP contribution in [0.3, 0.4) is 0 Å². The minimum atomic E-state index is -1.36. The second-order valence-corrected chi connectivity index (χ2v) is 12.8. The van der Waals surface area contributed by atoms with Crippen LogP contribution in [0.4, 0.5) is 0 Å². The molecule has 0 spiro atoms. The van der Waals surface area contributed by atoms with E-state index >= 15 is 0 Å². The number of nitrogens with zero attached hydrogens (tertiary/aromatic N) is 3. The molecule has 0 aliphatic carbocycles. The Morgan fingerprint density at radius 1 is 0.588 bits per heavy atom. The van der Waals surface area contributed by atoms with Crippen LogP contribution < -0.4 is 14.2 Å². The van der Waals surface area contributed by atoms with Gasteiger partial charge in [-0.15, -0.1) is 0 Å². The van der Waals surface area contributed by atoms with Crippen molar-refractivity contribution in [3.63, 3.8) is 0 Å². The molecule has 1 aromatic heterocycles. The molecule has 0 bridgehead atoms. The number of benzene rings is 3. The Kier molecular flexibility index (Phi) is 11.1. The molecular weight excluding hydrogens is 662 g/mol. The second-order valence-electron chi connectivity index (χ2n) is 12.8. The molecule has 4 rings (SSSR count). The molecule has 0 fully saturated rings. The molecule has 51 heavy (non-hydrogen) atoms. The van der Waals surface area contributed by atoms with Gasteiger partial charge in [0, 0.05) is 18.2 Å². The van der Waals surface area contributed by atoms with Crippen molar-refractivity contribution in [3.8, 4) is 68.7 Å². The fourth-order valence-electron chi connectivity index (χ4n) is 4.64. The van der Waals surface area contributed by atoms with Gasteiger partial charge in [0.15, 0.2) is 40.6 Å². The first-order chi connectivity index (χ1) is 23.9. The van der Waals surface area contributed by atoms with Crippen molar-refractivity contribution in [3.05, 3.63) is 54.6 Å². The summed E-state index contributed by atoms with van der Waals surface area (Å²) in [5.74, 6) is -1.70. The molecule has 14 nitrogen and oxygen atoms in total. The lowest BCUT2D eigenvalue weighted by atomic mass is 10.1. The van der Waals surface area contributed by atoms with E-state index in [2.05, 4.69) is 15.0 Å². The Morgan fingerprint density at radius 2 is 0.902 bits per heavy atom. The Labute approximate surface area is 295 Å². The first kappa shape index (κ1) is 37.9. The molecule has 1 heterocycles. The van der Waals surface area contributed by atoms with Gasteiger partial charge in [-0.3, -0.25) is 4.79 Å². The molecule has 4 aromatic rings. The van der Waals surface area contributed by atoms with Gasteiger partial charge in [-0.2, -0.15) is 0 Å². The fourth-order valence-corrected chi connectivity index (χ4v) is 4.64. The molecule has 0 atom stereocenters. The van der Waals surface area contributed by atoms with Crippen LogP contribution in [0, 0.1) is 0 Å². The number of ether oxygens (including phenoxy) is 5. The molecule has 0 saturated carbocycles. The predicted molar refractivity (Wildman–Crippen MR) is 185 cm³/mol. The largest absolute Gasteiger partial charge is 0.507 e. The topological polar surface area (TPSA) is 197 Å². The van der Waals surface area contributed by atoms with Crippen LogP contribution in [0.15, 0.2) is 54.6 Å². The quantitative estimate of drug-likeness (QED) is 0.105. The normalized spacial score (nSPS) is 11.8. The molecule has 3 N–H and O–H groups in total. The number of aromatic hydroxyl groups is 3. The van der Waals surface area contributed by atoms with Crippen LogP contribution >= 0.6 is 0 Å². The molecule has 3 aromatic carbocycles. The summed E-state index contributed by atoms with van der Waals surface area (Å²) in [4.78, 5) is 49.7. The summed E-state index contributed by atoms with van der Waals surface area (Å²) in [6.45, 7) is 12.9. The third-order valence-electron chi connectivity index (χ3n) is 7.21. The molecule has 0 aliphatic rings. The first-order valence-electron chi connectivity index (χ1n) is 16.0. The highest BCUT2D eigenvalue weighted by Crippen LogP contribution is 2.39. The lowest BCUT2D eigenvalue weighted by Gasteiger charge is -2.24. The van der Waals surface area contributed by atoms with Crippen molar-refractivity contribution in [1.82, 2.24) is 15.0 Å². The maximum Gasteiger partial charge on any atom is 0.349 e. The summed E-state index contributed by atoms with van der Waals surface area (Å²) in [6, 6.07) is 12.8. The van der Waals surface area contributed by atoms with Gasteiger partial charge in [0.1, 0.15) is 34.5 Å². The average Bonchev–Trinajstić information content (AvgIpc) is 3.04. The number of aromatic nitrogens is 3. The Bertz CT molecular complexity index is 1840. The van der Waals surface area contributed by atoms with E-state index in [9.17, 15) is 29.7 Å². The van der Waals surface area contributed by atoms with E-state index in [-0.39, 0.29) is 81.9 Å². The average molecular weight is 704 g/mol. The molecule has 0 aliphatic heterocycles. The van der Waals surface area contributed by atoms with Crippen molar-refractivity contribution in [2.24, 2.45) is 0 Å². The summed E-state index contributed by atoms with van der Waals surface area (Å²) in [7, 11) is 0. The van der Waals surface area contributed by atoms with Gasteiger partial charge in [0.25, 0.3) is 0 Å². The van der Waals surface area contributed by atoms with Gasteiger partial charge in [0.05, 0.1) is 29.9 Å². The minimum Gasteiger partial charge on any atom is -0.507 e. The van der Waals surface area contributed by atoms with E-state index in [0.29, 0.717) is 6.29 Å². The number of rotatable bonds is 14. The highest BCUT2D eigenvalue weighted by Gasteiger charge is 2.33. The van der Waals surface area contributed by atoms with Crippen LogP contribution in [0.5, 0.6) is 34.5 Å². The number of esters is 2. The summed E-state index contributed by atoms with van der Waals surface area (Å²) in [5, 5.41) is 33.3. The van der Waals surface area contributed by atoms with E-state index in [1.807, 2.05) is 0 Å². The smallest absolute Gasteiger partial charge is 0.349 e. The van der Waals surface area contributed by atoms with Crippen LogP contribution in [0.1, 0.15) is 55.4 Å². The molecule has 270 valence electrons. The van der Waals surface area contributed by atoms with Crippen LogP contribution in [0.25, 0.3) is 34.2 Å². The maximum atomic E-state index is 12.4. The fraction of sp³-hybridized carbons (Fsp3) is 0.351. The Hall–Kier alpha value is -5.92. The van der Waals surface area contributed by atoms with Gasteiger partial charge in [-0.05, 0) is 91.8 Å².